The largest absolute Gasteiger partial charge is 0.349 e. The van der Waals surface area contributed by atoms with Gasteiger partial charge in [-0.05, 0) is 49.9 Å². The van der Waals surface area contributed by atoms with E-state index in [0.717, 1.165) is 30.9 Å². The second kappa shape index (κ2) is 7.44. The van der Waals surface area contributed by atoms with Crippen LogP contribution in [0, 0.1) is 0 Å². The number of aryl methyl sites for hydroxylation is 1. The van der Waals surface area contributed by atoms with Gasteiger partial charge in [0.15, 0.2) is 0 Å². The van der Waals surface area contributed by atoms with Crippen LogP contribution in [0.5, 0.6) is 0 Å². The summed E-state index contributed by atoms with van der Waals surface area (Å²) in [6.07, 6.45) is 2.93. The van der Waals surface area contributed by atoms with Gasteiger partial charge < -0.3 is 5.32 Å². The van der Waals surface area contributed by atoms with Crippen molar-refractivity contribution in [2.45, 2.75) is 38.8 Å². The molecule has 0 radical (unpaired) electrons. The van der Waals surface area contributed by atoms with Crippen molar-refractivity contribution in [2.24, 2.45) is 7.05 Å². The molecule has 1 aliphatic heterocycles. The lowest BCUT2D eigenvalue weighted by molar-refractivity contribution is 0.0946. The smallest absolute Gasteiger partial charge is 0.261 e. The Balaban J connectivity index is 1.62. The van der Waals surface area contributed by atoms with Crippen molar-refractivity contribution in [3.8, 4) is 0 Å². The lowest BCUT2D eigenvalue weighted by Gasteiger charge is -2.17. The van der Waals surface area contributed by atoms with Crippen molar-refractivity contribution < 1.29 is 4.79 Å². The topological polar surface area (TPSA) is 50.2 Å². The minimum atomic E-state index is 0.0614. The molecule has 1 aromatic carbocycles. The van der Waals surface area contributed by atoms with E-state index in [1.165, 1.54) is 21.3 Å². The number of rotatable bonds is 5. The van der Waals surface area contributed by atoms with E-state index in [-0.39, 0.29) is 11.9 Å². The van der Waals surface area contributed by atoms with Crippen LogP contribution in [-0.4, -0.2) is 39.7 Å². The predicted octanol–water partition coefficient (Wildman–Crippen LogP) is 3.76. The minimum absolute atomic E-state index is 0.0614. The Hall–Kier alpha value is -2.18. The van der Waals surface area contributed by atoms with Crippen molar-refractivity contribution in [1.29, 1.82) is 0 Å². The van der Waals surface area contributed by atoms with E-state index in [1.807, 2.05) is 31.8 Å². The van der Waals surface area contributed by atoms with Crippen LogP contribution in [0.15, 0.2) is 36.5 Å². The fraction of sp³-hybridized carbons (Fsp3) is 0.429. The van der Waals surface area contributed by atoms with Crippen LogP contribution in [-0.2, 0) is 13.6 Å². The number of hydrogen-bond donors (Lipinski definition) is 1. The molecule has 5 nitrogen and oxygen atoms in total. The summed E-state index contributed by atoms with van der Waals surface area (Å²) < 4.78 is 3.14. The summed E-state index contributed by atoms with van der Waals surface area (Å²) in [5.41, 5.74) is 2.46. The van der Waals surface area contributed by atoms with Gasteiger partial charge in [-0.15, -0.1) is 11.3 Å². The summed E-state index contributed by atoms with van der Waals surface area (Å²) in [5.74, 6) is 0.452. The molecule has 6 heteroatoms. The normalized spacial score (nSPS) is 17.9. The number of hydrogen-bond acceptors (Lipinski definition) is 4. The number of amides is 1. The number of carbonyl (C=O) groups excluding carboxylic acids is 1. The Kier molecular flexibility index (Phi) is 5.02. The van der Waals surface area contributed by atoms with Gasteiger partial charge >= 0.3 is 0 Å². The Morgan fingerprint density at radius 1 is 1.33 bits per heavy atom. The molecule has 1 unspecified atom stereocenters. The number of thiophene rings is 1. The fourth-order valence-electron chi connectivity index (χ4n) is 3.96. The molecule has 3 aromatic rings. The highest BCUT2D eigenvalue weighted by atomic mass is 32.1. The first-order valence-corrected chi connectivity index (χ1v) is 10.4. The molecule has 1 fully saturated rings. The van der Waals surface area contributed by atoms with Gasteiger partial charge in [0.05, 0.1) is 10.6 Å². The van der Waals surface area contributed by atoms with Crippen molar-refractivity contribution in [2.75, 3.05) is 13.1 Å². The van der Waals surface area contributed by atoms with E-state index >= 15 is 0 Å². The SMILES string of the molecule is CC(C)NC(=O)c1sc2ccccc2c1C1CCN(Cc2ccnn2C)C1. The van der Waals surface area contributed by atoms with Crippen molar-refractivity contribution in [3.63, 3.8) is 0 Å². The average Bonchev–Trinajstić information content (AvgIpc) is 3.33. The van der Waals surface area contributed by atoms with E-state index in [2.05, 4.69) is 45.6 Å². The van der Waals surface area contributed by atoms with Gasteiger partial charge in [-0.3, -0.25) is 14.4 Å². The molecule has 3 heterocycles. The fourth-order valence-corrected chi connectivity index (χ4v) is 5.16. The highest BCUT2D eigenvalue weighted by Crippen LogP contribution is 2.40. The van der Waals surface area contributed by atoms with Crippen molar-refractivity contribution in [1.82, 2.24) is 20.0 Å². The third kappa shape index (κ3) is 3.64. The lowest BCUT2D eigenvalue weighted by Crippen LogP contribution is -2.30. The molecule has 0 spiro atoms. The first-order chi connectivity index (χ1) is 13.0. The number of likely N-dealkylation sites (tertiary alicyclic amines) is 1. The Morgan fingerprint density at radius 2 is 2.15 bits per heavy atom. The standard InChI is InChI=1S/C21H26N4OS/c1-14(2)23-21(26)20-19(17-6-4-5-7-18(17)27-20)15-9-11-25(12-15)13-16-8-10-22-24(16)3/h4-8,10,14-15H,9,11-13H2,1-3H3,(H,23,26). The number of nitrogens with one attached hydrogen (secondary N) is 1. The first kappa shape index (κ1) is 18.2. The van der Waals surface area contributed by atoms with Crippen molar-refractivity contribution >= 4 is 27.3 Å². The van der Waals surface area contributed by atoms with Crippen LogP contribution in [0.25, 0.3) is 10.1 Å². The van der Waals surface area contributed by atoms with Gasteiger partial charge in [0, 0.05) is 43.0 Å². The molecule has 142 valence electrons. The average molecular weight is 383 g/mol. The minimum Gasteiger partial charge on any atom is -0.349 e. The third-order valence-electron chi connectivity index (χ3n) is 5.25. The predicted molar refractivity (Wildman–Crippen MR) is 110 cm³/mol. The van der Waals surface area contributed by atoms with Gasteiger partial charge in [0.2, 0.25) is 0 Å². The maximum atomic E-state index is 12.9. The molecule has 1 aliphatic rings. The Morgan fingerprint density at radius 3 is 2.89 bits per heavy atom. The van der Waals surface area contributed by atoms with Crippen LogP contribution in [0.4, 0.5) is 0 Å². The highest BCUT2D eigenvalue weighted by Gasteiger charge is 2.31. The van der Waals surface area contributed by atoms with Gasteiger partial charge in [-0.1, -0.05) is 18.2 Å². The molecule has 27 heavy (non-hydrogen) atoms. The molecule has 1 atom stereocenters. The van der Waals surface area contributed by atoms with Crippen LogP contribution in [0.3, 0.4) is 0 Å². The molecule has 1 amide bonds. The van der Waals surface area contributed by atoms with E-state index in [9.17, 15) is 4.79 Å². The molecule has 1 saturated heterocycles. The zero-order valence-corrected chi connectivity index (χ0v) is 16.9. The molecule has 4 rings (SSSR count). The first-order valence-electron chi connectivity index (χ1n) is 9.54. The van der Waals surface area contributed by atoms with E-state index in [4.69, 9.17) is 0 Å². The zero-order valence-electron chi connectivity index (χ0n) is 16.1. The summed E-state index contributed by atoms with van der Waals surface area (Å²) in [7, 11) is 1.99. The third-order valence-corrected chi connectivity index (χ3v) is 6.43. The second-order valence-electron chi connectivity index (χ2n) is 7.64. The number of nitrogens with zero attached hydrogens (tertiary/aromatic N) is 3. The number of aromatic nitrogens is 2. The van der Waals surface area contributed by atoms with Crippen molar-refractivity contribution in [3.05, 3.63) is 52.7 Å². The number of carbonyl (C=O) groups is 1. The maximum Gasteiger partial charge on any atom is 0.261 e. The van der Waals surface area contributed by atoms with E-state index in [0.29, 0.717) is 5.92 Å². The summed E-state index contributed by atoms with van der Waals surface area (Å²) in [4.78, 5) is 16.2. The summed E-state index contributed by atoms with van der Waals surface area (Å²) in [5, 5.41) is 8.60. The summed E-state index contributed by atoms with van der Waals surface area (Å²) >= 11 is 1.63. The quantitative estimate of drug-likeness (QED) is 0.731. The Labute approximate surface area is 164 Å². The van der Waals surface area contributed by atoms with E-state index < -0.39 is 0 Å². The molecular weight excluding hydrogens is 356 g/mol. The number of benzene rings is 1. The van der Waals surface area contributed by atoms with Crippen LogP contribution in [0.1, 0.15) is 47.1 Å². The molecule has 2 aromatic heterocycles. The molecule has 0 saturated carbocycles. The van der Waals surface area contributed by atoms with E-state index in [1.54, 1.807) is 11.3 Å². The van der Waals surface area contributed by atoms with Gasteiger partial charge in [-0.25, -0.2) is 0 Å². The molecule has 0 aliphatic carbocycles. The monoisotopic (exact) mass is 382 g/mol. The van der Waals surface area contributed by atoms with Crippen LogP contribution < -0.4 is 5.32 Å². The summed E-state index contributed by atoms with van der Waals surface area (Å²) in [6, 6.07) is 10.6. The summed E-state index contributed by atoms with van der Waals surface area (Å²) in [6.45, 7) is 6.95. The lowest BCUT2D eigenvalue weighted by atomic mass is 9.95. The molecular formula is C21H26N4OS. The maximum absolute atomic E-state index is 12.9. The Bertz CT molecular complexity index is 958. The zero-order chi connectivity index (χ0) is 19.0. The van der Waals surface area contributed by atoms with Gasteiger partial charge in [0.1, 0.15) is 0 Å². The molecule has 0 bridgehead atoms. The van der Waals surface area contributed by atoms with Gasteiger partial charge in [0.25, 0.3) is 5.91 Å². The second-order valence-corrected chi connectivity index (χ2v) is 8.69. The number of fused-ring (bicyclic) bond motifs is 1. The van der Waals surface area contributed by atoms with Crippen LogP contribution in [0.2, 0.25) is 0 Å². The highest BCUT2D eigenvalue weighted by molar-refractivity contribution is 7.21. The van der Waals surface area contributed by atoms with Gasteiger partial charge in [-0.2, -0.15) is 5.10 Å². The van der Waals surface area contributed by atoms with Crippen LogP contribution >= 0.6 is 11.3 Å². The molecule has 1 N–H and O–H groups in total.